The van der Waals surface area contributed by atoms with Crippen LogP contribution in [0.1, 0.15) is 63.9 Å². The van der Waals surface area contributed by atoms with E-state index in [0.717, 1.165) is 56.8 Å². The number of benzene rings is 1. The van der Waals surface area contributed by atoms with Gasteiger partial charge in [-0.25, -0.2) is 4.79 Å². The molecule has 1 saturated heterocycles. The first-order valence-corrected chi connectivity index (χ1v) is 9.19. The van der Waals surface area contributed by atoms with E-state index in [9.17, 15) is 9.59 Å². The third-order valence-corrected chi connectivity index (χ3v) is 4.76. The minimum absolute atomic E-state index is 0.201. The summed E-state index contributed by atoms with van der Waals surface area (Å²) in [5.74, 6) is 0. The zero-order valence-corrected chi connectivity index (χ0v) is 14.7. The van der Waals surface area contributed by atoms with Gasteiger partial charge in [-0.2, -0.15) is 0 Å². The molecule has 0 spiro atoms. The Bertz CT molecular complexity index is 501. The molecule has 1 heterocycles. The highest BCUT2D eigenvalue weighted by atomic mass is 16.6. The second kappa shape index (κ2) is 10.1. The number of rotatable bonds is 8. The van der Waals surface area contributed by atoms with Crippen molar-refractivity contribution in [2.24, 2.45) is 0 Å². The van der Waals surface area contributed by atoms with Gasteiger partial charge in [0.05, 0.1) is 0 Å². The number of piperidine rings is 1. The van der Waals surface area contributed by atoms with E-state index in [4.69, 9.17) is 4.74 Å². The monoisotopic (exact) mass is 331 g/mol. The van der Waals surface area contributed by atoms with Crippen molar-refractivity contribution in [2.75, 3.05) is 0 Å². The normalized spacial score (nSPS) is 20.6. The van der Waals surface area contributed by atoms with Gasteiger partial charge in [0.2, 0.25) is 0 Å². The number of ether oxygens (including phenoxy) is 1. The summed E-state index contributed by atoms with van der Waals surface area (Å²) >= 11 is 0. The predicted molar refractivity (Wildman–Crippen MR) is 94.7 cm³/mol. The Hall–Kier alpha value is -1.84. The molecule has 4 nitrogen and oxygen atoms in total. The highest BCUT2D eigenvalue weighted by Crippen LogP contribution is 2.29. The van der Waals surface area contributed by atoms with E-state index in [-0.39, 0.29) is 18.2 Å². The van der Waals surface area contributed by atoms with Crippen molar-refractivity contribution in [3.05, 3.63) is 35.9 Å². The highest BCUT2D eigenvalue weighted by molar-refractivity contribution is 5.68. The molecule has 0 aliphatic carbocycles. The van der Waals surface area contributed by atoms with Gasteiger partial charge in [0.15, 0.2) is 0 Å². The number of nitrogens with zero attached hydrogens (tertiary/aromatic N) is 1. The van der Waals surface area contributed by atoms with E-state index >= 15 is 0 Å². The van der Waals surface area contributed by atoms with Crippen LogP contribution < -0.4 is 0 Å². The summed E-state index contributed by atoms with van der Waals surface area (Å²) in [6.07, 6.45) is 8.37. The van der Waals surface area contributed by atoms with Crippen molar-refractivity contribution in [3.8, 4) is 0 Å². The standard InChI is InChI=1S/C20H29NO3/c1-2-9-18-13-8-14-19(12-6-7-15-22)21(18)20(23)24-16-17-10-4-3-5-11-17/h3-5,10-11,15,18-19H,2,6-9,12-14,16H2,1H3/t18-,19+/m0/s1. The number of hydrogen-bond acceptors (Lipinski definition) is 3. The van der Waals surface area contributed by atoms with E-state index in [1.54, 1.807) is 0 Å². The lowest BCUT2D eigenvalue weighted by atomic mass is 9.90. The maximum absolute atomic E-state index is 12.7. The molecule has 0 N–H and O–H groups in total. The van der Waals surface area contributed by atoms with Gasteiger partial charge in [-0.3, -0.25) is 0 Å². The molecule has 1 fully saturated rings. The van der Waals surface area contributed by atoms with Crippen molar-refractivity contribution >= 4 is 12.4 Å². The van der Waals surface area contributed by atoms with Crippen molar-refractivity contribution in [3.63, 3.8) is 0 Å². The summed E-state index contributed by atoms with van der Waals surface area (Å²) in [5, 5.41) is 0. The lowest BCUT2D eigenvalue weighted by molar-refractivity contribution is -0.108. The van der Waals surface area contributed by atoms with Gasteiger partial charge in [-0.1, -0.05) is 43.7 Å². The molecule has 1 amide bonds. The molecular formula is C20H29NO3. The van der Waals surface area contributed by atoms with Gasteiger partial charge in [0.25, 0.3) is 0 Å². The fraction of sp³-hybridized carbons (Fsp3) is 0.600. The van der Waals surface area contributed by atoms with Crippen LogP contribution in [0.25, 0.3) is 0 Å². The summed E-state index contributed by atoms with van der Waals surface area (Å²) in [4.78, 5) is 25.3. The molecular weight excluding hydrogens is 302 g/mol. The van der Waals surface area contributed by atoms with Gasteiger partial charge in [0, 0.05) is 18.5 Å². The Morgan fingerprint density at radius 3 is 2.58 bits per heavy atom. The molecule has 0 aromatic heterocycles. The Morgan fingerprint density at radius 1 is 1.21 bits per heavy atom. The molecule has 1 aromatic carbocycles. The molecule has 132 valence electrons. The van der Waals surface area contributed by atoms with Crippen molar-refractivity contribution in [1.82, 2.24) is 4.90 Å². The first-order chi connectivity index (χ1) is 11.8. The Morgan fingerprint density at radius 2 is 1.92 bits per heavy atom. The smallest absolute Gasteiger partial charge is 0.410 e. The largest absolute Gasteiger partial charge is 0.445 e. The summed E-state index contributed by atoms with van der Waals surface area (Å²) in [7, 11) is 0. The summed E-state index contributed by atoms with van der Waals surface area (Å²) in [6, 6.07) is 10.3. The Kier molecular flexibility index (Phi) is 7.80. The van der Waals surface area contributed by atoms with Crippen molar-refractivity contribution in [1.29, 1.82) is 0 Å². The lowest BCUT2D eigenvalue weighted by Gasteiger charge is -2.41. The van der Waals surface area contributed by atoms with Crippen LogP contribution in [0.4, 0.5) is 4.79 Å². The lowest BCUT2D eigenvalue weighted by Crippen LogP contribution is -2.50. The Balaban J connectivity index is 1.99. The number of carbonyl (C=O) groups is 2. The van der Waals surface area contributed by atoms with Crippen LogP contribution >= 0.6 is 0 Å². The first-order valence-electron chi connectivity index (χ1n) is 9.19. The van der Waals surface area contributed by atoms with Gasteiger partial charge in [-0.05, 0) is 44.1 Å². The first kappa shape index (κ1) is 18.5. The summed E-state index contributed by atoms with van der Waals surface area (Å²) < 4.78 is 5.60. The molecule has 2 rings (SSSR count). The summed E-state index contributed by atoms with van der Waals surface area (Å²) in [5.41, 5.74) is 1.01. The maximum Gasteiger partial charge on any atom is 0.410 e. The zero-order chi connectivity index (χ0) is 17.2. The van der Waals surface area contributed by atoms with Gasteiger partial charge >= 0.3 is 6.09 Å². The molecule has 0 unspecified atom stereocenters. The van der Waals surface area contributed by atoms with Crippen LogP contribution in [-0.4, -0.2) is 29.4 Å². The van der Waals surface area contributed by atoms with Crippen LogP contribution in [-0.2, 0) is 16.1 Å². The van der Waals surface area contributed by atoms with E-state index < -0.39 is 0 Å². The molecule has 1 aromatic rings. The topological polar surface area (TPSA) is 46.6 Å². The van der Waals surface area contributed by atoms with Crippen molar-refractivity contribution in [2.45, 2.75) is 77.0 Å². The predicted octanol–water partition coefficient (Wildman–Crippen LogP) is 4.72. The maximum atomic E-state index is 12.7. The van der Waals surface area contributed by atoms with Crippen LogP contribution in [0, 0.1) is 0 Å². The molecule has 24 heavy (non-hydrogen) atoms. The quantitative estimate of drug-likeness (QED) is 0.512. The minimum Gasteiger partial charge on any atom is -0.445 e. The van der Waals surface area contributed by atoms with E-state index in [2.05, 4.69) is 6.92 Å². The average Bonchev–Trinajstić information content (AvgIpc) is 2.61. The SMILES string of the molecule is CCC[C@H]1CCC[C@@H](CCCC=O)N1C(=O)OCc1ccccc1. The van der Waals surface area contributed by atoms with Crippen LogP contribution in [0.5, 0.6) is 0 Å². The van der Waals surface area contributed by atoms with Crippen molar-refractivity contribution < 1.29 is 14.3 Å². The number of carbonyl (C=O) groups excluding carboxylic acids is 2. The third kappa shape index (κ3) is 5.36. The molecule has 2 atom stereocenters. The minimum atomic E-state index is -0.201. The van der Waals surface area contributed by atoms with Crippen LogP contribution in [0.15, 0.2) is 30.3 Å². The number of amides is 1. The fourth-order valence-electron chi connectivity index (χ4n) is 3.59. The van der Waals surface area contributed by atoms with Crippen LogP contribution in [0.2, 0.25) is 0 Å². The van der Waals surface area contributed by atoms with E-state index in [1.165, 1.54) is 0 Å². The number of aldehydes is 1. The van der Waals surface area contributed by atoms with Gasteiger partial charge in [0.1, 0.15) is 12.9 Å². The highest BCUT2D eigenvalue weighted by Gasteiger charge is 2.34. The molecule has 0 saturated carbocycles. The molecule has 4 heteroatoms. The zero-order valence-electron chi connectivity index (χ0n) is 14.7. The average molecular weight is 331 g/mol. The van der Waals surface area contributed by atoms with Gasteiger partial charge in [-0.15, -0.1) is 0 Å². The van der Waals surface area contributed by atoms with E-state index in [1.807, 2.05) is 35.2 Å². The molecule has 0 bridgehead atoms. The molecule has 0 radical (unpaired) electrons. The molecule has 1 aliphatic heterocycles. The third-order valence-electron chi connectivity index (χ3n) is 4.76. The van der Waals surface area contributed by atoms with Crippen LogP contribution in [0.3, 0.4) is 0 Å². The fourth-order valence-corrected chi connectivity index (χ4v) is 3.59. The number of hydrogen-bond donors (Lipinski definition) is 0. The van der Waals surface area contributed by atoms with E-state index in [0.29, 0.717) is 13.0 Å². The summed E-state index contributed by atoms with van der Waals surface area (Å²) in [6.45, 7) is 2.47. The molecule has 1 aliphatic rings. The number of unbranched alkanes of at least 4 members (excludes halogenated alkanes) is 1. The Labute approximate surface area is 145 Å². The second-order valence-corrected chi connectivity index (χ2v) is 6.57. The number of likely N-dealkylation sites (tertiary alicyclic amines) is 1. The van der Waals surface area contributed by atoms with Gasteiger partial charge < -0.3 is 14.4 Å². The second-order valence-electron chi connectivity index (χ2n) is 6.57.